The van der Waals surface area contributed by atoms with Gasteiger partial charge in [0.1, 0.15) is 5.75 Å². The van der Waals surface area contributed by atoms with Gasteiger partial charge in [0.15, 0.2) is 5.16 Å². The summed E-state index contributed by atoms with van der Waals surface area (Å²) in [6, 6.07) is 10.4. The lowest BCUT2D eigenvalue weighted by molar-refractivity contribution is -0.137. The third-order valence-corrected chi connectivity index (χ3v) is 5.52. The minimum Gasteiger partial charge on any atom is -0.496 e. The summed E-state index contributed by atoms with van der Waals surface area (Å²) in [6.07, 6.45) is 1.55. The van der Waals surface area contributed by atoms with Gasteiger partial charge in [0.2, 0.25) is 0 Å². The second kappa shape index (κ2) is 8.48. The van der Waals surface area contributed by atoms with Crippen LogP contribution in [0, 0.1) is 13.8 Å². The van der Waals surface area contributed by atoms with Gasteiger partial charge in [-0.25, -0.2) is 4.98 Å². The Hall–Kier alpha value is -2.47. The summed E-state index contributed by atoms with van der Waals surface area (Å²) >= 11 is 1.55. The lowest BCUT2D eigenvalue weighted by atomic mass is 9.97. The topological polar surface area (TPSA) is 75.2 Å². The van der Waals surface area contributed by atoms with Crippen LogP contribution in [0.2, 0.25) is 0 Å². The summed E-state index contributed by atoms with van der Waals surface area (Å²) in [4.78, 5) is 18.7. The molecule has 6 heteroatoms. The van der Waals surface area contributed by atoms with Crippen molar-refractivity contribution in [3.8, 4) is 5.75 Å². The molecule has 0 saturated carbocycles. The van der Waals surface area contributed by atoms with Gasteiger partial charge < -0.3 is 14.8 Å². The highest BCUT2D eigenvalue weighted by molar-refractivity contribution is 7.99. The maximum Gasteiger partial charge on any atom is 0.303 e. The maximum atomic E-state index is 10.6. The third kappa shape index (κ3) is 4.63. The molecule has 0 spiro atoms. The molecular weight excluding hydrogens is 360 g/mol. The summed E-state index contributed by atoms with van der Waals surface area (Å²) in [7, 11) is 1.68. The number of H-pyrrole nitrogens is 1. The molecule has 3 aromatic rings. The molecule has 1 heterocycles. The Labute approximate surface area is 163 Å². The van der Waals surface area contributed by atoms with Crippen LogP contribution in [-0.2, 0) is 11.2 Å². The molecule has 0 aliphatic rings. The Balaban J connectivity index is 1.90. The number of carboxylic acid groups (broad SMARTS) is 1. The number of aliphatic carboxylic acids is 1. The number of thioether (sulfide) groups is 1. The van der Waals surface area contributed by atoms with Crippen LogP contribution in [0.1, 0.15) is 35.1 Å². The number of benzene rings is 2. The minimum absolute atomic E-state index is 0.180. The maximum absolute atomic E-state index is 10.6. The molecule has 2 aromatic carbocycles. The first-order valence-corrected chi connectivity index (χ1v) is 9.93. The van der Waals surface area contributed by atoms with Crippen LogP contribution in [0.3, 0.4) is 0 Å². The largest absolute Gasteiger partial charge is 0.496 e. The Morgan fingerprint density at radius 2 is 2.07 bits per heavy atom. The fourth-order valence-electron chi connectivity index (χ4n) is 3.09. The average Bonchev–Trinajstić information content (AvgIpc) is 3.05. The summed E-state index contributed by atoms with van der Waals surface area (Å²) in [5.74, 6) is 0.786. The molecule has 1 aromatic heterocycles. The molecule has 2 N–H and O–H groups in total. The van der Waals surface area contributed by atoms with E-state index in [0.29, 0.717) is 6.42 Å². The number of rotatable bonds is 8. The Morgan fingerprint density at radius 3 is 2.81 bits per heavy atom. The Morgan fingerprint density at radius 1 is 1.26 bits per heavy atom. The van der Waals surface area contributed by atoms with Gasteiger partial charge in [-0.2, -0.15) is 0 Å². The van der Waals surface area contributed by atoms with Gasteiger partial charge in [-0.1, -0.05) is 35.5 Å². The molecule has 3 rings (SSSR count). The van der Waals surface area contributed by atoms with Crippen LogP contribution in [-0.4, -0.2) is 33.9 Å². The van der Waals surface area contributed by atoms with Crippen molar-refractivity contribution in [2.75, 3.05) is 12.9 Å². The van der Waals surface area contributed by atoms with E-state index in [2.05, 4.69) is 37.0 Å². The lowest BCUT2D eigenvalue weighted by Crippen LogP contribution is -1.98. The fourth-order valence-corrected chi connectivity index (χ4v) is 3.91. The highest BCUT2D eigenvalue weighted by Crippen LogP contribution is 2.31. The van der Waals surface area contributed by atoms with Crippen molar-refractivity contribution in [3.63, 3.8) is 0 Å². The quantitative estimate of drug-likeness (QED) is 0.433. The molecule has 0 saturated heterocycles. The summed E-state index contributed by atoms with van der Waals surface area (Å²) in [5.41, 5.74) is 6.70. The van der Waals surface area contributed by atoms with Crippen LogP contribution in [0.25, 0.3) is 11.0 Å². The predicted octanol–water partition coefficient (Wildman–Crippen LogP) is 4.74. The smallest absolute Gasteiger partial charge is 0.303 e. The zero-order valence-electron chi connectivity index (χ0n) is 15.8. The van der Waals surface area contributed by atoms with E-state index in [4.69, 9.17) is 14.8 Å². The van der Waals surface area contributed by atoms with E-state index in [9.17, 15) is 4.79 Å². The molecule has 0 fully saturated rings. The number of aromatic amines is 1. The highest BCUT2D eigenvalue weighted by atomic mass is 32.2. The number of nitrogens with zero attached hydrogens (tertiary/aromatic N) is 1. The molecule has 0 aliphatic carbocycles. The number of fused-ring (bicyclic) bond motifs is 1. The summed E-state index contributed by atoms with van der Waals surface area (Å²) < 4.78 is 5.60. The molecule has 0 aliphatic heterocycles. The van der Waals surface area contributed by atoms with Crippen molar-refractivity contribution in [3.05, 3.63) is 52.6 Å². The molecule has 142 valence electrons. The van der Waals surface area contributed by atoms with E-state index < -0.39 is 5.97 Å². The van der Waals surface area contributed by atoms with Gasteiger partial charge in [-0.15, -0.1) is 0 Å². The first kappa shape index (κ1) is 19.3. The number of hydrogen-bond acceptors (Lipinski definition) is 4. The summed E-state index contributed by atoms with van der Waals surface area (Å²) in [6.45, 7) is 4.22. The number of aryl methyl sites for hydroxylation is 2. The van der Waals surface area contributed by atoms with Crippen molar-refractivity contribution >= 4 is 28.8 Å². The minimum atomic E-state index is -0.763. The third-order valence-electron chi connectivity index (χ3n) is 4.56. The van der Waals surface area contributed by atoms with Crippen molar-refractivity contribution in [2.24, 2.45) is 0 Å². The Bertz CT molecular complexity index is 965. The first-order chi connectivity index (χ1) is 13.0. The number of ether oxygens (including phenoxy) is 1. The van der Waals surface area contributed by atoms with Crippen LogP contribution in [0.5, 0.6) is 5.75 Å². The van der Waals surface area contributed by atoms with Gasteiger partial charge in [-0.05, 0) is 43.5 Å². The van der Waals surface area contributed by atoms with E-state index >= 15 is 0 Å². The van der Waals surface area contributed by atoms with E-state index in [1.54, 1.807) is 18.9 Å². The lowest BCUT2D eigenvalue weighted by Gasteiger charge is -2.12. The van der Waals surface area contributed by atoms with Crippen LogP contribution < -0.4 is 4.74 Å². The first-order valence-electron chi connectivity index (χ1n) is 8.94. The molecule has 5 nitrogen and oxygen atoms in total. The SMILES string of the molecule is COc1ccc2[nH]c(SCCCC(=O)O)nc2c1Cc1cc(C)ccc1C. The second-order valence-electron chi connectivity index (χ2n) is 6.64. The molecular formula is C21H24N2O3S. The monoisotopic (exact) mass is 384 g/mol. The molecule has 0 radical (unpaired) electrons. The molecule has 0 unspecified atom stereocenters. The predicted molar refractivity (Wildman–Crippen MR) is 109 cm³/mol. The second-order valence-corrected chi connectivity index (χ2v) is 7.72. The standard InChI is InChI=1S/C21H24N2O3S/c1-13-6-7-14(2)15(11-13)12-16-18(26-3)9-8-17-20(16)23-21(22-17)27-10-4-5-19(24)25/h6-9,11H,4-5,10,12H2,1-3H3,(H,22,23)(H,24,25). The normalized spacial score (nSPS) is 11.1. The van der Waals surface area contributed by atoms with E-state index in [0.717, 1.165) is 39.7 Å². The molecule has 0 amide bonds. The number of carbonyl (C=O) groups is 1. The van der Waals surface area contributed by atoms with Gasteiger partial charge >= 0.3 is 5.97 Å². The Kier molecular flexibility index (Phi) is 6.06. The van der Waals surface area contributed by atoms with Gasteiger partial charge in [0.25, 0.3) is 0 Å². The highest BCUT2D eigenvalue weighted by Gasteiger charge is 2.15. The number of methoxy groups -OCH3 is 1. The van der Waals surface area contributed by atoms with E-state index in [-0.39, 0.29) is 6.42 Å². The van der Waals surface area contributed by atoms with E-state index in [1.807, 2.05) is 12.1 Å². The van der Waals surface area contributed by atoms with Gasteiger partial charge in [0, 0.05) is 24.2 Å². The molecule has 0 atom stereocenters. The van der Waals surface area contributed by atoms with Gasteiger partial charge in [-0.3, -0.25) is 4.79 Å². The van der Waals surface area contributed by atoms with Crippen LogP contribution in [0.4, 0.5) is 0 Å². The van der Waals surface area contributed by atoms with Crippen LogP contribution >= 0.6 is 11.8 Å². The number of imidazole rings is 1. The fraction of sp³-hybridized carbons (Fsp3) is 0.333. The van der Waals surface area contributed by atoms with Crippen LogP contribution in [0.15, 0.2) is 35.5 Å². The number of nitrogens with one attached hydrogen (secondary N) is 1. The average molecular weight is 385 g/mol. The zero-order valence-corrected chi connectivity index (χ0v) is 16.7. The number of carboxylic acids is 1. The number of aromatic nitrogens is 2. The van der Waals surface area contributed by atoms with Gasteiger partial charge in [0.05, 0.1) is 18.1 Å². The van der Waals surface area contributed by atoms with Crippen molar-refractivity contribution in [1.29, 1.82) is 0 Å². The summed E-state index contributed by atoms with van der Waals surface area (Å²) in [5, 5.41) is 9.57. The van der Waals surface area contributed by atoms with Crippen molar-refractivity contribution < 1.29 is 14.6 Å². The molecule has 27 heavy (non-hydrogen) atoms. The van der Waals surface area contributed by atoms with Crippen molar-refractivity contribution in [2.45, 2.75) is 38.3 Å². The van der Waals surface area contributed by atoms with E-state index in [1.165, 1.54) is 16.7 Å². The molecule has 0 bridgehead atoms. The zero-order chi connectivity index (χ0) is 19.4. The van der Waals surface area contributed by atoms with Crippen molar-refractivity contribution in [1.82, 2.24) is 9.97 Å². The number of hydrogen-bond donors (Lipinski definition) is 2.